The third-order valence-corrected chi connectivity index (χ3v) is 5.35. The molecular formula is C12H7NO2S2. The molecule has 2 heterocycles. The van der Waals surface area contributed by atoms with Gasteiger partial charge in [-0.2, -0.15) is 0 Å². The molecule has 2 N–H and O–H groups in total. The number of para-hydroxylation sites is 1. The normalized spacial score (nSPS) is 18.7. The SMILES string of the molecule is O=S1c2c(O)cc3c(c21)Nc1ccccc1S3. The molecule has 84 valence electrons. The Morgan fingerprint density at radius 3 is 2.88 bits per heavy atom. The van der Waals surface area contributed by atoms with Crippen molar-refractivity contribution in [2.45, 2.75) is 19.6 Å². The van der Waals surface area contributed by atoms with Crippen LogP contribution in [0.15, 0.2) is 49.9 Å². The molecule has 2 aromatic rings. The lowest BCUT2D eigenvalue weighted by atomic mass is 10.2. The number of nitrogens with one attached hydrogen (secondary N) is 1. The average Bonchev–Trinajstić information content (AvgIpc) is 3.00. The summed E-state index contributed by atoms with van der Waals surface area (Å²) in [5.41, 5.74) is 1.92. The van der Waals surface area contributed by atoms with Crippen molar-refractivity contribution in [1.29, 1.82) is 0 Å². The lowest BCUT2D eigenvalue weighted by Gasteiger charge is -2.19. The van der Waals surface area contributed by atoms with Gasteiger partial charge in [0.25, 0.3) is 0 Å². The minimum atomic E-state index is -1.12. The number of hydrogen-bond acceptors (Lipinski definition) is 4. The Hall–Kier alpha value is -1.46. The third-order valence-electron chi connectivity index (χ3n) is 2.88. The van der Waals surface area contributed by atoms with E-state index in [0.717, 1.165) is 26.1 Å². The Kier molecular flexibility index (Phi) is 1.72. The van der Waals surface area contributed by atoms with Gasteiger partial charge in [0.1, 0.15) is 10.6 Å². The Bertz CT molecular complexity index is 697. The summed E-state index contributed by atoms with van der Waals surface area (Å²) in [6.07, 6.45) is 0. The van der Waals surface area contributed by atoms with Gasteiger partial charge in [-0.1, -0.05) is 23.9 Å². The van der Waals surface area contributed by atoms with E-state index in [1.54, 1.807) is 17.8 Å². The molecule has 1 atom stereocenters. The molecule has 5 heteroatoms. The van der Waals surface area contributed by atoms with E-state index in [-0.39, 0.29) is 5.75 Å². The summed E-state index contributed by atoms with van der Waals surface area (Å²) in [5, 5.41) is 13.0. The van der Waals surface area contributed by atoms with Gasteiger partial charge < -0.3 is 10.4 Å². The van der Waals surface area contributed by atoms with E-state index >= 15 is 0 Å². The van der Waals surface area contributed by atoms with Crippen molar-refractivity contribution in [2.24, 2.45) is 0 Å². The Morgan fingerprint density at radius 2 is 2.00 bits per heavy atom. The molecule has 0 saturated heterocycles. The Morgan fingerprint density at radius 1 is 1.18 bits per heavy atom. The molecule has 0 aliphatic carbocycles. The molecule has 2 aliphatic heterocycles. The molecule has 0 radical (unpaired) electrons. The fourth-order valence-corrected chi connectivity index (χ4v) is 4.31. The quantitative estimate of drug-likeness (QED) is 0.377. The number of anilines is 2. The average molecular weight is 261 g/mol. The zero-order chi connectivity index (χ0) is 11.6. The van der Waals surface area contributed by atoms with E-state index in [9.17, 15) is 9.32 Å². The van der Waals surface area contributed by atoms with Gasteiger partial charge in [0.05, 0.1) is 27.1 Å². The number of phenols is 1. The second-order valence-corrected chi connectivity index (χ2v) is 6.36. The summed E-state index contributed by atoms with van der Waals surface area (Å²) < 4.78 is 11.7. The third kappa shape index (κ3) is 1.21. The van der Waals surface area contributed by atoms with Gasteiger partial charge in [-0.05, 0) is 18.2 Å². The largest absolute Gasteiger partial charge is 0.507 e. The van der Waals surface area contributed by atoms with Crippen LogP contribution in [-0.4, -0.2) is 9.32 Å². The summed E-state index contributed by atoms with van der Waals surface area (Å²) in [7, 11) is -1.12. The summed E-state index contributed by atoms with van der Waals surface area (Å²) in [6, 6.07) is 9.65. The second-order valence-electron chi connectivity index (χ2n) is 3.92. The van der Waals surface area contributed by atoms with Gasteiger partial charge in [0.15, 0.2) is 0 Å². The fourth-order valence-electron chi connectivity index (χ4n) is 2.04. The van der Waals surface area contributed by atoms with Gasteiger partial charge in [-0.15, -0.1) is 0 Å². The van der Waals surface area contributed by atoms with Crippen LogP contribution >= 0.6 is 11.8 Å². The maximum atomic E-state index is 11.7. The van der Waals surface area contributed by atoms with Crippen molar-refractivity contribution < 1.29 is 9.32 Å². The molecule has 2 aliphatic rings. The molecule has 0 spiro atoms. The van der Waals surface area contributed by atoms with E-state index in [2.05, 4.69) is 5.32 Å². The molecule has 17 heavy (non-hydrogen) atoms. The highest BCUT2D eigenvalue weighted by Crippen LogP contribution is 2.56. The van der Waals surface area contributed by atoms with Gasteiger partial charge in [-0.25, -0.2) is 4.21 Å². The number of benzene rings is 2. The topological polar surface area (TPSA) is 49.3 Å². The maximum absolute atomic E-state index is 11.7. The molecule has 0 bridgehead atoms. The number of phenolic OH excluding ortho intramolecular Hbond substituents is 1. The van der Waals surface area contributed by atoms with Crippen LogP contribution < -0.4 is 5.32 Å². The standard InChI is InChI=1S/C12H7NO2S2/c14-7-5-9-10(12-11(7)17(12)15)13-6-3-1-2-4-8(6)16-9/h1-5,13-14H. The van der Waals surface area contributed by atoms with E-state index in [1.807, 2.05) is 24.3 Å². The molecule has 0 aromatic heterocycles. The maximum Gasteiger partial charge on any atom is 0.134 e. The monoisotopic (exact) mass is 261 g/mol. The van der Waals surface area contributed by atoms with E-state index in [0.29, 0.717) is 4.90 Å². The minimum Gasteiger partial charge on any atom is -0.507 e. The van der Waals surface area contributed by atoms with Crippen LogP contribution in [0.25, 0.3) is 0 Å². The Labute approximate surface area is 104 Å². The molecular weight excluding hydrogens is 254 g/mol. The van der Waals surface area contributed by atoms with E-state index in [1.165, 1.54) is 0 Å². The number of aromatic hydroxyl groups is 1. The number of hydrogen-bond donors (Lipinski definition) is 2. The first kappa shape index (κ1) is 9.56. The molecule has 1 unspecified atom stereocenters. The first-order chi connectivity index (χ1) is 8.25. The van der Waals surface area contributed by atoms with E-state index < -0.39 is 10.8 Å². The van der Waals surface area contributed by atoms with Crippen molar-refractivity contribution >= 4 is 33.9 Å². The summed E-state index contributed by atoms with van der Waals surface area (Å²) in [6.45, 7) is 0. The van der Waals surface area contributed by atoms with Crippen molar-refractivity contribution in [3.8, 4) is 5.75 Å². The van der Waals surface area contributed by atoms with Crippen LogP contribution in [0, 0.1) is 0 Å². The van der Waals surface area contributed by atoms with Gasteiger partial charge >= 0.3 is 0 Å². The van der Waals surface area contributed by atoms with E-state index in [4.69, 9.17) is 0 Å². The summed E-state index contributed by atoms with van der Waals surface area (Å²) in [5.74, 6) is 0.144. The summed E-state index contributed by atoms with van der Waals surface area (Å²) in [4.78, 5) is 3.38. The highest BCUT2D eigenvalue weighted by molar-refractivity contribution is 8.00. The molecule has 0 saturated carbocycles. The van der Waals surface area contributed by atoms with Crippen molar-refractivity contribution in [1.82, 2.24) is 0 Å². The lowest BCUT2D eigenvalue weighted by molar-refractivity contribution is 0.461. The predicted octanol–water partition coefficient (Wildman–Crippen LogP) is 3.08. The first-order valence-corrected chi connectivity index (χ1v) is 7.08. The smallest absolute Gasteiger partial charge is 0.134 e. The molecule has 2 aromatic carbocycles. The molecule has 3 nitrogen and oxygen atoms in total. The van der Waals surface area contributed by atoms with Gasteiger partial charge in [0.2, 0.25) is 0 Å². The molecule has 4 rings (SSSR count). The van der Waals surface area contributed by atoms with Crippen molar-refractivity contribution in [3.05, 3.63) is 30.3 Å². The van der Waals surface area contributed by atoms with Crippen LogP contribution in [0.4, 0.5) is 11.4 Å². The predicted molar refractivity (Wildman–Crippen MR) is 66.6 cm³/mol. The van der Waals surface area contributed by atoms with Crippen LogP contribution in [0.3, 0.4) is 0 Å². The number of fused-ring (bicyclic) bond motifs is 4. The Balaban J connectivity index is 1.94. The van der Waals surface area contributed by atoms with Crippen LogP contribution in [0.1, 0.15) is 0 Å². The second kappa shape index (κ2) is 3.05. The van der Waals surface area contributed by atoms with Crippen LogP contribution in [0.5, 0.6) is 5.75 Å². The number of rotatable bonds is 0. The minimum absolute atomic E-state index is 0.144. The van der Waals surface area contributed by atoms with Crippen LogP contribution in [-0.2, 0) is 10.8 Å². The first-order valence-electron chi connectivity index (χ1n) is 5.11. The van der Waals surface area contributed by atoms with Crippen molar-refractivity contribution in [2.75, 3.05) is 5.32 Å². The van der Waals surface area contributed by atoms with Crippen LogP contribution in [0.2, 0.25) is 0 Å². The highest BCUT2D eigenvalue weighted by atomic mass is 32.2. The molecule has 0 fully saturated rings. The molecule has 0 amide bonds. The lowest BCUT2D eigenvalue weighted by Crippen LogP contribution is -1.99. The van der Waals surface area contributed by atoms with Gasteiger partial charge in [-0.3, -0.25) is 0 Å². The zero-order valence-corrected chi connectivity index (χ0v) is 10.2. The van der Waals surface area contributed by atoms with Gasteiger partial charge in [0, 0.05) is 9.79 Å². The highest BCUT2D eigenvalue weighted by Gasteiger charge is 2.39. The van der Waals surface area contributed by atoms with Crippen molar-refractivity contribution in [3.63, 3.8) is 0 Å². The fraction of sp³-hybridized carbons (Fsp3) is 0. The zero-order valence-electron chi connectivity index (χ0n) is 8.56. The summed E-state index contributed by atoms with van der Waals surface area (Å²) >= 11 is 1.59.